The van der Waals surface area contributed by atoms with E-state index in [0.29, 0.717) is 16.6 Å². The third-order valence-corrected chi connectivity index (χ3v) is 6.92. The molecule has 1 saturated heterocycles. The summed E-state index contributed by atoms with van der Waals surface area (Å²) < 4.78 is 0. The van der Waals surface area contributed by atoms with Gasteiger partial charge in [0.2, 0.25) is 5.91 Å². The molecule has 1 aliphatic heterocycles. The molecule has 0 aromatic carbocycles. The molecule has 1 amide bonds. The lowest BCUT2D eigenvalue weighted by Crippen LogP contribution is -2.46. The van der Waals surface area contributed by atoms with Crippen molar-refractivity contribution in [2.75, 3.05) is 12.3 Å². The molecule has 0 radical (unpaired) electrons. The maximum Gasteiger partial charge on any atom is 0.224 e. The van der Waals surface area contributed by atoms with Gasteiger partial charge in [-0.15, -0.1) is 0 Å². The van der Waals surface area contributed by atoms with Crippen molar-refractivity contribution < 1.29 is 4.79 Å². The molecule has 0 bridgehead atoms. The fourth-order valence-corrected chi connectivity index (χ4v) is 4.36. The van der Waals surface area contributed by atoms with Gasteiger partial charge in [-0.25, -0.2) is 0 Å². The van der Waals surface area contributed by atoms with Gasteiger partial charge in [0, 0.05) is 23.8 Å². The Balaban J connectivity index is 2.52. The molecule has 0 N–H and O–H groups in total. The highest BCUT2D eigenvalue weighted by Crippen LogP contribution is 2.36. The average molecular weight is 314 g/mol. The fourth-order valence-electron chi connectivity index (χ4n) is 3.01. The van der Waals surface area contributed by atoms with Crippen LogP contribution < -0.4 is 0 Å². The van der Waals surface area contributed by atoms with E-state index in [1.165, 1.54) is 25.0 Å². The maximum absolute atomic E-state index is 12.4. The zero-order chi connectivity index (χ0) is 16.1. The largest absolute Gasteiger partial charge is 0.336 e. The van der Waals surface area contributed by atoms with Gasteiger partial charge in [-0.3, -0.25) is 4.79 Å². The summed E-state index contributed by atoms with van der Waals surface area (Å²) >= 11 is 2.02. The average Bonchev–Trinajstić information content (AvgIpc) is 2.84. The van der Waals surface area contributed by atoms with Gasteiger partial charge in [-0.1, -0.05) is 47.5 Å². The molecule has 1 heterocycles. The van der Waals surface area contributed by atoms with Crippen molar-refractivity contribution in [3.63, 3.8) is 0 Å². The van der Waals surface area contributed by atoms with Gasteiger partial charge < -0.3 is 4.90 Å². The molecule has 0 spiro atoms. The van der Waals surface area contributed by atoms with Crippen molar-refractivity contribution in [2.24, 2.45) is 5.41 Å². The van der Waals surface area contributed by atoms with Gasteiger partial charge in [0.25, 0.3) is 0 Å². The molecule has 0 aromatic rings. The number of hydrogen-bond donors (Lipinski definition) is 0. The quantitative estimate of drug-likeness (QED) is 0.589. The van der Waals surface area contributed by atoms with Crippen molar-refractivity contribution in [3.8, 4) is 0 Å². The number of carbonyl (C=O) groups is 1. The maximum atomic E-state index is 12.4. The molecule has 1 fully saturated rings. The Morgan fingerprint density at radius 2 is 1.81 bits per heavy atom. The molecule has 1 aliphatic rings. The first-order valence-corrected chi connectivity index (χ1v) is 9.75. The minimum atomic E-state index is 0.0596. The Bertz CT molecular complexity index is 336. The number of thioether (sulfide) groups is 1. The standard InChI is InChI=1S/C18H35NOS/c1-7-10-11-17(4,5)14-21-15-12-16(20)19(13-15)18(6,8-2)9-3/h15H,7-14H2,1-6H3. The second kappa shape index (κ2) is 7.89. The molecule has 3 heteroatoms. The normalized spacial score (nSPS) is 20.4. The van der Waals surface area contributed by atoms with E-state index in [0.717, 1.165) is 25.8 Å². The molecule has 2 nitrogen and oxygen atoms in total. The smallest absolute Gasteiger partial charge is 0.224 e. The fraction of sp³-hybridized carbons (Fsp3) is 0.944. The van der Waals surface area contributed by atoms with Gasteiger partial charge in [0.15, 0.2) is 0 Å². The lowest BCUT2D eigenvalue weighted by molar-refractivity contribution is -0.133. The highest BCUT2D eigenvalue weighted by Gasteiger charge is 2.39. The predicted octanol–water partition coefficient (Wildman–Crippen LogP) is 5.12. The van der Waals surface area contributed by atoms with E-state index < -0.39 is 0 Å². The third kappa shape index (κ3) is 5.19. The monoisotopic (exact) mass is 313 g/mol. The van der Waals surface area contributed by atoms with Crippen LogP contribution in [0.5, 0.6) is 0 Å². The predicted molar refractivity (Wildman–Crippen MR) is 94.9 cm³/mol. The Morgan fingerprint density at radius 1 is 1.19 bits per heavy atom. The topological polar surface area (TPSA) is 20.3 Å². The van der Waals surface area contributed by atoms with Crippen molar-refractivity contribution in [2.45, 2.75) is 90.9 Å². The number of hydrogen-bond acceptors (Lipinski definition) is 2. The van der Waals surface area contributed by atoms with Crippen LogP contribution in [0.15, 0.2) is 0 Å². The number of amides is 1. The zero-order valence-corrected chi connectivity index (χ0v) is 15.8. The molecule has 0 saturated carbocycles. The van der Waals surface area contributed by atoms with Gasteiger partial charge >= 0.3 is 0 Å². The highest BCUT2D eigenvalue weighted by molar-refractivity contribution is 8.00. The van der Waals surface area contributed by atoms with Crippen LogP contribution in [0.3, 0.4) is 0 Å². The summed E-state index contributed by atoms with van der Waals surface area (Å²) in [6.07, 6.45) is 6.72. The minimum absolute atomic E-state index is 0.0596. The van der Waals surface area contributed by atoms with E-state index in [9.17, 15) is 4.79 Å². The Morgan fingerprint density at radius 3 is 2.33 bits per heavy atom. The summed E-state index contributed by atoms with van der Waals surface area (Å²) in [5.41, 5.74) is 0.458. The third-order valence-electron chi connectivity index (χ3n) is 5.18. The lowest BCUT2D eigenvalue weighted by Gasteiger charge is -2.38. The first kappa shape index (κ1) is 18.9. The number of nitrogens with zero attached hydrogens (tertiary/aromatic N) is 1. The van der Waals surface area contributed by atoms with Crippen LogP contribution in [0, 0.1) is 5.41 Å². The lowest BCUT2D eigenvalue weighted by atomic mass is 9.90. The van der Waals surface area contributed by atoms with Crippen LogP contribution in [0.1, 0.15) is 80.1 Å². The van der Waals surface area contributed by atoms with Crippen LogP contribution in [0.2, 0.25) is 0 Å². The Hall–Kier alpha value is -0.180. The molecule has 124 valence electrons. The number of unbranched alkanes of at least 4 members (excludes halogenated alkanes) is 1. The summed E-state index contributed by atoms with van der Waals surface area (Å²) in [5, 5.41) is 0.496. The van der Waals surface area contributed by atoms with E-state index in [1.807, 2.05) is 11.8 Å². The van der Waals surface area contributed by atoms with Crippen LogP contribution in [0.4, 0.5) is 0 Å². The Labute approximate surface area is 136 Å². The summed E-state index contributed by atoms with van der Waals surface area (Å²) in [6.45, 7) is 14.6. The van der Waals surface area contributed by atoms with Gasteiger partial charge in [0.1, 0.15) is 0 Å². The van der Waals surface area contributed by atoms with Gasteiger partial charge in [-0.2, -0.15) is 11.8 Å². The van der Waals surface area contributed by atoms with Crippen molar-refractivity contribution in [3.05, 3.63) is 0 Å². The second-order valence-corrected chi connectivity index (χ2v) is 8.90. The van der Waals surface area contributed by atoms with Crippen LogP contribution in [-0.4, -0.2) is 33.9 Å². The molecule has 1 rings (SSSR count). The van der Waals surface area contributed by atoms with Crippen LogP contribution >= 0.6 is 11.8 Å². The molecular formula is C18H35NOS. The van der Waals surface area contributed by atoms with E-state index >= 15 is 0 Å². The van der Waals surface area contributed by atoms with Gasteiger partial charge in [0.05, 0.1) is 0 Å². The van der Waals surface area contributed by atoms with Crippen molar-refractivity contribution in [1.82, 2.24) is 4.90 Å². The molecule has 0 aliphatic carbocycles. The van der Waals surface area contributed by atoms with Crippen molar-refractivity contribution in [1.29, 1.82) is 0 Å². The van der Waals surface area contributed by atoms with Gasteiger partial charge in [-0.05, 0) is 37.4 Å². The molecule has 1 unspecified atom stereocenters. The van der Waals surface area contributed by atoms with Crippen LogP contribution in [0.25, 0.3) is 0 Å². The molecule has 1 atom stereocenters. The number of carbonyl (C=O) groups excluding carboxylic acids is 1. The summed E-state index contributed by atoms with van der Waals surface area (Å²) in [6, 6.07) is 0. The molecular weight excluding hydrogens is 278 g/mol. The highest BCUT2D eigenvalue weighted by atomic mass is 32.2. The van der Waals surface area contributed by atoms with Crippen molar-refractivity contribution >= 4 is 17.7 Å². The first-order valence-electron chi connectivity index (χ1n) is 8.70. The van der Waals surface area contributed by atoms with E-state index in [1.54, 1.807) is 0 Å². The first-order chi connectivity index (χ1) is 9.78. The molecule has 0 aromatic heterocycles. The van der Waals surface area contributed by atoms with E-state index in [2.05, 4.69) is 46.4 Å². The van der Waals surface area contributed by atoms with E-state index in [-0.39, 0.29) is 5.54 Å². The molecule has 21 heavy (non-hydrogen) atoms. The number of rotatable bonds is 9. The summed E-state index contributed by atoms with van der Waals surface area (Å²) in [7, 11) is 0. The van der Waals surface area contributed by atoms with E-state index in [4.69, 9.17) is 0 Å². The summed E-state index contributed by atoms with van der Waals surface area (Å²) in [4.78, 5) is 14.5. The number of likely N-dealkylation sites (tertiary alicyclic amines) is 1. The minimum Gasteiger partial charge on any atom is -0.336 e. The SMILES string of the molecule is CCCCC(C)(C)CSC1CC(=O)N(C(C)(CC)CC)C1. The zero-order valence-electron chi connectivity index (χ0n) is 15.0. The Kier molecular flexibility index (Phi) is 7.09. The second-order valence-electron chi connectivity index (χ2n) is 7.61. The van der Waals surface area contributed by atoms with Crippen LogP contribution in [-0.2, 0) is 4.79 Å². The summed E-state index contributed by atoms with van der Waals surface area (Å²) in [5.74, 6) is 1.54.